The standard InChI is InChI=1S/C17H20N4O3/c1-11(2)19-17(22)13-7-8-15(16(10-13)21(23)24)20-12(3)14-6-4-5-9-18-14/h4-12,20H,1-3H3,(H,19,22). The summed E-state index contributed by atoms with van der Waals surface area (Å²) in [5.41, 5.74) is 1.23. The van der Waals surface area contributed by atoms with Gasteiger partial charge in [0.15, 0.2) is 0 Å². The fraction of sp³-hybridized carbons (Fsp3) is 0.294. The van der Waals surface area contributed by atoms with Gasteiger partial charge in [0.2, 0.25) is 0 Å². The maximum absolute atomic E-state index is 12.0. The second kappa shape index (κ2) is 7.54. The molecule has 2 N–H and O–H groups in total. The highest BCUT2D eigenvalue weighted by atomic mass is 16.6. The normalized spacial score (nSPS) is 11.8. The van der Waals surface area contributed by atoms with Crippen LogP contribution in [0, 0.1) is 10.1 Å². The van der Waals surface area contributed by atoms with E-state index in [4.69, 9.17) is 0 Å². The summed E-state index contributed by atoms with van der Waals surface area (Å²) in [4.78, 5) is 27.1. The quantitative estimate of drug-likeness (QED) is 0.626. The summed E-state index contributed by atoms with van der Waals surface area (Å²) >= 11 is 0. The van der Waals surface area contributed by atoms with Gasteiger partial charge in [0.25, 0.3) is 11.6 Å². The second-order valence-electron chi connectivity index (χ2n) is 5.74. The molecule has 1 unspecified atom stereocenters. The number of pyridine rings is 1. The number of aromatic nitrogens is 1. The van der Waals surface area contributed by atoms with Crippen LogP contribution in [-0.4, -0.2) is 21.9 Å². The summed E-state index contributed by atoms with van der Waals surface area (Å²) in [7, 11) is 0. The van der Waals surface area contributed by atoms with Crippen molar-refractivity contribution in [2.75, 3.05) is 5.32 Å². The van der Waals surface area contributed by atoms with Gasteiger partial charge >= 0.3 is 0 Å². The third-order valence-electron chi connectivity index (χ3n) is 3.38. The Bertz CT molecular complexity index is 732. The zero-order chi connectivity index (χ0) is 17.7. The van der Waals surface area contributed by atoms with Gasteiger partial charge in [-0.15, -0.1) is 0 Å². The highest BCUT2D eigenvalue weighted by Crippen LogP contribution is 2.28. The molecule has 1 heterocycles. The maximum atomic E-state index is 12.0. The monoisotopic (exact) mass is 328 g/mol. The minimum absolute atomic E-state index is 0.0430. The van der Waals surface area contributed by atoms with E-state index in [1.807, 2.05) is 32.9 Å². The summed E-state index contributed by atoms with van der Waals surface area (Å²) in [6.07, 6.45) is 1.67. The number of hydrogen-bond donors (Lipinski definition) is 2. The summed E-state index contributed by atoms with van der Waals surface area (Å²) in [5.74, 6) is -0.336. The number of carbonyl (C=O) groups excluding carboxylic acids is 1. The van der Waals surface area contributed by atoms with Crippen molar-refractivity contribution in [1.29, 1.82) is 0 Å². The van der Waals surface area contributed by atoms with Gasteiger partial charge in [-0.3, -0.25) is 19.9 Å². The van der Waals surface area contributed by atoms with Crippen molar-refractivity contribution in [2.45, 2.75) is 32.9 Å². The second-order valence-corrected chi connectivity index (χ2v) is 5.74. The maximum Gasteiger partial charge on any atom is 0.293 e. The van der Waals surface area contributed by atoms with Crippen LogP contribution in [-0.2, 0) is 0 Å². The first-order valence-electron chi connectivity index (χ1n) is 7.65. The molecule has 0 aliphatic carbocycles. The largest absolute Gasteiger partial charge is 0.371 e. The average molecular weight is 328 g/mol. The highest BCUT2D eigenvalue weighted by Gasteiger charge is 2.19. The molecule has 0 saturated heterocycles. The van der Waals surface area contributed by atoms with Crippen LogP contribution in [0.25, 0.3) is 0 Å². The van der Waals surface area contributed by atoms with E-state index in [2.05, 4.69) is 15.6 Å². The fourth-order valence-electron chi connectivity index (χ4n) is 2.23. The molecule has 1 aromatic carbocycles. The van der Waals surface area contributed by atoms with Crippen molar-refractivity contribution in [3.8, 4) is 0 Å². The van der Waals surface area contributed by atoms with Gasteiger partial charge in [-0.1, -0.05) is 6.07 Å². The minimum Gasteiger partial charge on any atom is -0.371 e. The molecule has 126 valence electrons. The number of benzene rings is 1. The van der Waals surface area contributed by atoms with Crippen LogP contribution in [0.1, 0.15) is 42.9 Å². The number of amides is 1. The lowest BCUT2D eigenvalue weighted by Gasteiger charge is -2.15. The van der Waals surface area contributed by atoms with Gasteiger partial charge in [0.1, 0.15) is 5.69 Å². The van der Waals surface area contributed by atoms with Crippen molar-refractivity contribution in [3.05, 3.63) is 64.0 Å². The van der Waals surface area contributed by atoms with Crippen LogP contribution >= 0.6 is 0 Å². The first kappa shape index (κ1) is 17.4. The van der Waals surface area contributed by atoms with E-state index in [1.165, 1.54) is 6.07 Å². The predicted molar refractivity (Wildman–Crippen MR) is 92.0 cm³/mol. The van der Waals surface area contributed by atoms with E-state index in [1.54, 1.807) is 24.4 Å². The molecular formula is C17H20N4O3. The van der Waals surface area contributed by atoms with Gasteiger partial charge in [0.05, 0.1) is 16.7 Å². The summed E-state index contributed by atoms with van der Waals surface area (Å²) in [6.45, 7) is 5.53. The smallest absolute Gasteiger partial charge is 0.293 e. The number of hydrogen-bond acceptors (Lipinski definition) is 5. The van der Waals surface area contributed by atoms with E-state index in [0.29, 0.717) is 5.69 Å². The molecule has 0 bridgehead atoms. The van der Waals surface area contributed by atoms with E-state index >= 15 is 0 Å². The lowest BCUT2D eigenvalue weighted by Crippen LogP contribution is -2.30. The first-order chi connectivity index (χ1) is 11.4. The Morgan fingerprint density at radius 1 is 1.21 bits per heavy atom. The Kier molecular flexibility index (Phi) is 5.47. The van der Waals surface area contributed by atoms with Crippen LogP contribution in [0.2, 0.25) is 0 Å². The Morgan fingerprint density at radius 2 is 1.96 bits per heavy atom. The topological polar surface area (TPSA) is 97.2 Å². The molecule has 0 aliphatic heterocycles. The van der Waals surface area contributed by atoms with Gasteiger partial charge in [0, 0.05) is 23.9 Å². The van der Waals surface area contributed by atoms with Crippen LogP contribution < -0.4 is 10.6 Å². The number of anilines is 1. The predicted octanol–water partition coefficient (Wildman–Crippen LogP) is 3.30. The lowest BCUT2D eigenvalue weighted by atomic mass is 10.1. The number of nitrogens with one attached hydrogen (secondary N) is 2. The number of nitro groups is 1. The molecule has 7 nitrogen and oxygen atoms in total. The van der Waals surface area contributed by atoms with Crippen LogP contribution in [0.4, 0.5) is 11.4 Å². The first-order valence-corrected chi connectivity index (χ1v) is 7.65. The number of nitro benzene ring substituents is 1. The van der Waals surface area contributed by atoms with Crippen molar-refractivity contribution < 1.29 is 9.72 Å². The van der Waals surface area contributed by atoms with Gasteiger partial charge in [-0.2, -0.15) is 0 Å². The SMILES string of the molecule is CC(C)NC(=O)c1ccc(NC(C)c2ccccn2)c([N+](=O)[O-])c1. The van der Waals surface area contributed by atoms with Gasteiger partial charge in [-0.25, -0.2) is 0 Å². The molecule has 2 aromatic rings. The number of nitrogens with zero attached hydrogens (tertiary/aromatic N) is 2. The molecule has 0 aliphatic rings. The number of carbonyl (C=O) groups is 1. The zero-order valence-electron chi connectivity index (χ0n) is 13.8. The third kappa shape index (κ3) is 4.28. The lowest BCUT2D eigenvalue weighted by molar-refractivity contribution is -0.384. The van der Waals surface area contributed by atoms with Crippen LogP contribution in [0.15, 0.2) is 42.6 Å². The van der Waals surface area contributed by atoms with E-state index in [9.17, 15) is 14.9 Å². The van der Waals surface area contributed by atoms with Crippen LogP contribution in [0.3, 0.4) is 0 Å². The molecule has 1 aromatic heterocycles. The van der Waals surface area contributed by atoms with E-state index in [-0.39, 0.29) is 29.2 Å². The molecule has 2 rings (SSSR count). The summed E-state index contributed by atoms with van der Waals surface area (Å²) in [5, 5.41) is 17.2. The summed E-state index contributed by atoms with van der Waals surface area (Å²) < 4.78 is 0. The number of rotatable bonds is 6. The van der Waals surface area contributed by atoms with Crippen molar-refractivity contribution >= 4 is 17.3 Å². The Hall–Kier alpha value is -2.96. The average Bonchev–Trinajstić information content (AvgIpc) is 2.55. The molecule has 0 radical (unpaired) electrons. The molecule has 0 saturated carbocycles. The molecule has 1 amide bonds. The van der Waals surface area contributed by atoms with Crippen molar-refractivity contribution in [1.82, 2.24) is 10.3 Å². The Morgan fingerprint density at radius 3 is 2.54 bits per heavy atom. The van der Waals surface area contributed by atoms with Gasteiger partial charge < -0.3 is 10.6 Å². The highest BCUT2D eigenvalue weighted by molar-refractivity contribution is 5.95. The zero-order valence-corrected chi connectivity index (χ0v) is 13.8. The molecule has 7 heteroatoms. The minimum atomic E-state index is -0.500. The third-order valence-corrected chi connectivity index (χ3v) is 3.38. The summed E-state index contributed by atoms with van der Waals surface area (Å²) in [6, 6.07) is 9.65. The fourth-order valence-corrected chi connectivity index (χ4v) is 2.23. The van der Waals surface area contributed by atoms with Crippen molar-refractivity contribution in [2.24, 2.45) is 0 Å². The molecule has 1 atom stereocenters. The molecule has 24 heavy (non-hydrogen) atoms. The Balaban J connectivity index is 2.27. The molecule has 0 fully saturated rings. The van der Waals surface area contributed by atoms with Crippen molar-refractivity contribution in [3.63, 3.8) is 0 Å². The van der Waals surface area contributed by atoms with E-state index in [0.717, 1.165) is 5.69 Å². The molecule has 0 spiro atoms. The molecular weight excluding hydrogens is 308 g/mol. The van der Waals surface area contributed by atoms with Gasteiger partial charge in [-0.05, 0) is 45.0 Å². The van der Waals surface area contributed by atoms with Crippen LogP contribution in [0.5, 0.6) is 0 Å². The van der Waals surface area contributed by atoms with E-state index < -0.39 is 4.92 Å². The Labute approximate surface area is 140 Å².